The van der Waals surface area contributed by atoms with Crippen LogP contribution >= 0.6 is 11.6 Å². The Morgan fingerprint density at radius 1 is 1.03 bits per heavy atom. The lowest BCUT2D eigenvalue weighted by Crippen LogP contribution is -2.44. The SMILES string of the molecule is COc1ccc(S(=O)(=O)N(CC(=O)N2CCc3ccccc3C2)c2cccc(Cl)c2)cc1. The van der Waals surface area contributed by atoms with Crippen LogP contribution in [-0.2, 0) is 27.8 Å². The summed E-state index contributed by atoms with van der Waals surface area (Å²) in [5.74, 6) is 0.276. The quantitative estimate of drug-likeness (QED) is 0.543. The zero-order chi connectivity index (χ0) is 22.7. The molecule has 3 aromatic rings. The van der Waals surface area contributed by atoms with Crippen LogP contribution in [0.15, 0.2) is 77.7 Å². The van der Waals surface area contributed by atoms with E-state index < -0.39 is 10.0 Å². The molecular weight excluding hydrogens is 448 g/mol. The van der Waals surface area contributed by atoms with Crippen LogP contribution in [0.2, 0.25) is 5.02 Å². The Balaban J connectivity index is 1.65. The van der Waals surface area contributed by atoms with Gasteiger partial charge in [-0.3, -0.25) is 9.10 Å². The Morgan fingerprint density at radius 3 is 2.44 bits per heavy atom. The van der Waals surface area contributed by atoms with Gasteiger partial charge in [-0.2, -0.15) is 0 Å². The molecule has 1 heterocycles. The van der Waals surface area contributed by atoms with E-state index >= 15 is 0 Å². The average Bonchev–Trinajstić information content (AvgIpc) is 2.82. The van der Waals surface area contributed by atoms with Crippen molar-refractivity contribution in [1.29, 1.82) is 0 Å². The summed E-state index contributed by atoms with van der Waals surface area (Å²) >= 11 is 6.13. The van der Waals surface area contributed by atoms with Crippen LogP contribution in [-0.4, -0.2) is 39.4 Å². The van der Waals surface area contributed by atoms with Crippen LogP contribution in [0, 0.1) is 0 Å². The molecule has 0 unspecified atom stereocenters. The molecule has 0 saturated carbocycles. The van der Waals surface area contributed by atoms with Crippen molar-refractivity contribution in [1.82, 2.24) is 4.90 Å². The van der Waals surface area contributed by atoms with Crippen LogP contribution in [0.25, 0.3) is 0 Å². The topological polar surface area (TPSA) is 66.9 Å². The number of hydrogen-bond acceptors (Lipinski definition) is 4. The van der Waals surface area contributed by atoms with Crippen molar-refractivity contribution >= 4 is 33.2 Å². The highest BCUT2D eigenvalue weighted by molar-refractivity contribution is 7.92. The standard InChI is InChI=1S/C24H23ClN2O4S/c1-31-22-9-11-23(12-10-22)32(29,30)27(21-8-4-7-20(25)15-21)17-24(28)26-14-13-18-5-2-3-6-19(18)16-26/h2-12,15H,13-14,16-17H2,1H3. The van der Waals surface area contributed by atoms with Gasteiger partial charge < -0.3 is 9.64 Å². The number of sulfonamides is 1. The zero-order valence-corrected chi connectivity index (χ0v) is 19.1. The monoisotopic (exact) mass is 470 g/mol. The maximum atomic E-state index is 13.5. The van der Waals surface area contributed by atoms with E-state index in [0.717, 1.165) is 16.3 Å². The molecule has 32 heavy (non-hydrogen) atoms. The van der Waals surface area contributed by atoms with E-state index in [1.807, 2.05) is 18.2 Å². The fourth-order valence-electron chi connectivity index (χ4n) is 3.75. The van der Waals surface area contributed by atoms with E-state index in [9.17, 15) is 13.2 Å². The average molecular weight is 471 g/mol. The van der Waals surface area contributed by atoms with Gasteiger partial charge in [-0.15, -0.1) is 0 Å². The van der Waals surface area contributed by atoms with E-state index in [4.69, 9.17) is 16.3 Å². The Morgan fingerprint density at radius 2 is 1.75 bits per heavy atom. The van der Waals surface area contributed by atoms with Crippen molar-refractivity contribution in [2.75, 3.05) is 24.5 Å². The number of ether oxygens (including phenoxy) is 1. The summed E-state index contributed by atoms with van der Waals surface area (Å²) in [7, 11) is -2.51. The van der Waals surface area contributed by atoms with Gasteiger partial charge in [-0.05, 0) is 60.0 Å². The van der Waals surface area contributed by atoms with Gasteiger partial charge >= 0.3 is 0 Å². The molecular formula is C24H23ClN2O4S. The fourth-order valence-corrected chi connectivity index (χ4v) is 5.34. The zero-order valence-electron chi connectivity index (χ0n) is 17.6. The molecule has 0 aromatic heterocycles. The fraction of sp³-hybridized carbons (Fsp3) is 0.208. The summed E-state index contributed by atoms with van der Waals surface area (Å²) in [6.07, 6.45) is 0.740. The highest BCUT2D eigenvalue weighted by Crippen LogP contribution is 2.28. The summed E-state index contributed by atoms with van der Waals surface area (Å²) in [5.41, 5.74) is 2.63. The smallest absolute Gasteiger partial charge is 0.264 e. The van der Waals surface area contributed by atoms with Gasteiger partial charge in [-0.25, -0.2) is 8.42 Å². The number of benzene rings is 3. The molecule has 1 amide bonds. The summed E-state index contributed by atoms with van der Waals surface area (Å²) < 4.78 is 33.3. The number of amides is 1. The van der Waals surface area contributed by atoms with Gasteiger partial charge in [0.15, 0.2) is 0 Å². The third-order valence-electron chi connectivity index (χ3n) is 5.51. The maximum absolute atomic E-state index is 13.5. The van der Waals surface area contributed by atoms with Gasteiger partial charge in [0, 0.05) is 18.1 Å². The number of methoxy groups -OCH3 is 1. The van der Waals surface area contributed by atoms with Crippen molar-refractivity contribution in [2.24, 2.45) is 0 Å². The molecule has 6 nitrogen and oxygen atoms in total. The molecule has 0 aliphatic carbocycles. The lowest BCUT2D eigenvalue weighted by atomic mass is 10.00. The molecule has 3 aromatic carbocycles. The normalized spacial score (nSPS) is 13.4. The molecule has 166 valence electrons. The number of carbonyl (C=O) groups is 1. The maximum Gasteiger partial charge on any atom is 0.264 e. The number of hydrogen-bond donors (Lipinski definition) is 0. The molecule has 1 aliphatic rings. The van der Waals surface area contributed by atoms with Gasteiger partial charge in [0.2, 0.25) is 5.91 Å². The molecule has 1 aliphatic heterocycles. The van der Waals surface area contributed by atoms with Crippen LogP contribution in [0.1, 0.15) is 11.1 Å². The van der Waals surface area contributed by atoms with Crippen LogP contribution < -0.4 is 9.04 Å². The lowest BCUT2D eigenvalue weighted by Gasteiger charge is -2.32. The lowest BCUT2D eigenvalue weighted by molar-refractivity contribution is -0.130. The number of rotatable bonds is 6. The summed E-state index contributed by atoms with van der Waals surface area (Å²) in [5, 5.41) is 0.386. The molecule has 0 bridgehead atoms. The first kappa shape index (κ1) is 22.2. The minimum atomic E-state index is -4.02. The minimum Gasteiger partial charge on any atom is -0.497 e. The van der Waals surface area contributed by atoms with Crippen molar-refractivity contribution in [3.63, 3.8) is 0 Å². The number of halogens is 1. The summed E-state index contributed by atoms with van der Waals surface area (Å²) in [6.45, 7) is 0.680. The first-order valence-corrected chi connectivity index (χ1v) is 12.0. The Bertz CT molecular complexity index is 1230. The predicted molar refractivity (Wildman–Crippen MR) is 125 cm³/mol. The van der Waals surface area contributed by atoms with Crippen molar-refractivity contribution < 1.29 is 17.9 Å². The second-order valence-electron chi connectivity index (χ2n) is 7.50. The van der Waals surface area contributed by atoms with Gasteiger partial charge in [0.05, 0.1) is 17.7 Å². The Labute approximate surface area is 193 Å². The van der Waals surface area contributed by atoms with Crippen LogP contribution in [0.5, 0.6) is 5.75 Å². The van der Waals surface area contributed by atoms with E-state index in [-0.39, 0.29) is 17.3 Å². The second kappa shape index (κ2) is 9.22. The highest BCUT2D eigenvalue weighted by Gasteiger charge is 2.30. The van der Waals surface area contributed by atoms with Gasteiger partial charge in [-0.1, -0.05) is 41.9 Å². The van der Waals surface area contributed by atoms with E-state index in [0.29, 0.717) is 29.5 Å². The van der Waals surface area contributed by atoms with E-state index in [1.54, 1.807) is 41.3 Å². The second-order valence-corrected chi connectivity index (χ2v) is 9.80. The van der Waals surface area contributed by atoms with Gasteiger partial charge in [0.25, 0.3) is 10.0 Å². The van der Waals surface area contributed by atoms with Crippen LogP contribution in [0.3, 0.4) is 0 Å². The highest BCUT2D eigenvalue weighted by atomic mass is 35.5. The largest absolute Gasteiger partial charge is 0.497 e. The third kappa shape index (κ3) is 4.59. The number of nitrogens with zero attached hydrogens (tertiary/aromatic N) is 2. The first-order chi connectivity index (χ1) is 15.4. The summed E-state index contributed by atoms with van der Waals surface area (Å²) in [4.78, 5) is 15.0. The minimum absolute atomic E-state index is 0.0649. The molecule has 0 spiro atoms. The van der Waals surface area contributed by atoms with Crippen molar-refractivity contribution in [3.8, 4) is 5.75 Å². The third-order valence-corrected chi connectivity index (χ3v) is 7.53. The van der Waals surface area contributed by atoms with Crippen molar-refractivity contribution in [3.05, 3.63) is 88.9 Å². The Kier molecular flexibility index (Phi) is 6.39. The van der Waals surface area contributed by atoms with Crippen molar-refractivity contribution in [2.45, 2.75) is 17.9 Å². The van der Waals surface area contributed by atoms with E-state index in [2.05, 4.69) is 6.07 Å². The predicted octanol–water partition coefficient (Wildman–Crippen LogP) is 4.13. The number of fused-ring (bicyclic) bond motifs is 1. The molecule has 0 atom stereocenters. The number of anilines is 1. The molecule has 8 heteroatoms. The molecule has 0 radical (unpaired) electrons. The Hall–Kier alpha value is -3.03. The number of carbonyl (C=O) groups excluding carboxylic acids is 1. The molecule has 0 N–H and O–H groups in total. The summed E-state index contributed by atoms with van der Waals surface area (Å²) in [6, 6.07) is 20.6. The molecule has 4 rings (SSSR count). The van der Waals surface area contributed by atoms with Gasteiger partial charge in [0.1, 0.15) is 12.3 Å². The van der Waals surface area contributed by atoms with E-state index in [1.165, 1.54) is 24.8 Å². The molecule has 0 fully saturated rings. The van der Waals surface area contributed by atoms with Crippen LogP contribution in [0.4, 0.5) is 5.69 Å². The first-order valence-electron chi connectivity index (χ1n) is 10.2. The molecule has 0 saturated heterocycles.